The van der Waals surface area contributed by atoms with E-state index in [0.29, 0.717) is 33.3 Å². The molecule has 0 atom stereocenters. The molecule has 0 saturated carbocycles. The van der Waals surface area contributed by atoms with Crippen LogP contribution in [0.5, 0.6) is 0 Å². The molecule has 0 heterocycles. The predicted molar refractivity (Wildman–Crippen MR) is 102 cm³/mol. The van der Waals surface area contributed by atoms with Crippen molar-refractivity contribution >= 4 is 46.9 Å². The molecule has 2 aromatic carbocycles. The summed E-state index contributed by atoms with van der Waals surface area (Å²) in [5.41, 5.74) is 4.13. The minimum Gasteiger partial charge on any atom is -0.326 e. The molecule has 2 amide bonds. The fraction of sp³-hybridized carbons (Fsp3) is 0.167. The molecule has 0 aliphatic carbocycles. The largest absolute Gasteiger partial charge is 0.326 e. The van der Waals surface area contributed by atoms with Gasteiger partial charge in [-0.1, -0.05) is 36.2 Å². The van der Waals surface area contributed by atoms with Crippen molar-refractivity contribution in [2.24, 2.45) is 5.10 Å². The second-order valence-corrected chi connectivity index (χ2v) is 6.08. The number of hydrogen-bond acceptors (Lipinski definition) is 3. The highest BCUT2D eigenvalue weighted by atomic mass is 35.5. The first kappa shape index (κ1) is 19.0. The van der Waals surface area contributed by atoms with Crippen LogP contribution in [0.3, 0.4) is 0 Å². The number of nitrogens with one attached hydrogen (secondary N) is 2. The van der Waals surface area contributed by atoms with Gasteiger partial charge in [-0.15, -0.1) is 0 Å². The number of carbonyl (C=O) groups is 2. The Hall–Kier alpha value is -2.37. The number of hydrazone groups is 1. The number of benzene rings is 2. The molecule has 0 aromatic heterocycles. The highest BCUT2D eigenvalue weighted by Crippen LogP contribution is 2.19. The van der Waals surface area contributed by atoms with Gasteiger partial charge in [0.05, 0.1) is 11.2 Å². The number of amides is 2. The lowest BCUT2D eigenvalue weighted by atomic mass is 10.2. The summed E-state index contributed by atoms with van der Waals surface area (Å²) in [5, 5.41) is 7.61. The van der Waals surface area contributed by atoms with Crippen molar-refractivity contribution in [2.45, 2.75) is 19.8 Å². The standard InChI is InChI=1S/C18H17Cl2N3O2/c1-2-3-17(24)22-15-8-5-12(6-9-15)18(25)23-21-11-13-4-7-14(19)10-16(13)20/h4-11H,2-3H2,1H3,(H,22,24)(H,23,25)/b21-11+. The van der Waals surface area contributed by atoms with Crippen LogP contribution in [-0.2, 0) is 4.79 Å². The summed E-state index contributed by atoms with van der Waals surface area (Å²) in [6.45, 7) is 1.94. The molecule has 2 N–H and O–H groups in total. The van der Waals surface area contributed by atoms with Crippen molar-refractivity contribution in [3.05, 3.63) is 63.6 Å². The first-order valence-corrected chi connectivity index (χ1v) is 8.43. The Kier molecular flexibility index (Phi) is 6.98. The van der Waals surface area contributed by atoms with E-state index in [1.54, 1.807) is 42.5 Å². The van der Waals surface area contributed by atoms with Crippen molar-refractivity contribution < 1.29 is 9.59 Å². The van der Waals surface area contributed by atoms with Crippen molar-refractivity contribution in [2.75, 3.05) is 5.32 Å². The van der Waals surface area contributed by atoms with Gasteiger partial charge in [-0.25, -0.2) is 5.43 Å². The lowest BCUT2D eigenvalue weighted by Gasteiger charge is -2.05. The highest BCUT2D eigenvalue weighted by Gasteiger charge is 2.06. The summed E-state index contributed by atoms with van der Waals surface area (Å²) in [7, 11) is 0. The third-order valence-electron chi connectivity index (χ3n) is 3.24. The highest BCUT2D eigenvalue weighted by molar-refractivity contribution is 6.36. The molecule has 2 aromatic rings. The Morgan fingerprint density at radius 3 is 2.48 bits per heavy atom. The average molecular weight is 378 g/mol. The third-order valence-corrected chi connectivity index (χ3v) is 3.80. The first-order chi connectivity index (χ1) is 12.0. The van der Waals surface area contributed by atoms with E-state index in [1.165, 1.54) is 6.21 Å². The van der Waals surface area contributed by atoms with Gasteiger partial charge in [0.25, 0.3) is 5.91 Å². The Bertz CT molecular complexity index is 789. The second kappa shape index (κ2) is 9.20. The normalized spacial score (nSPS) is 10.7. The van der Waals surface area contributed by atoms with E-state index in [4.69, 9.17) is 23.2 Å². The molecule has 0 spiro atoms. The molecule has 0 unspecified atom stereocenters. The summed E-state index contributed by atoms with van der Waals surface area (Å²) >= 11 is 11.8. The predicted octanol–water partition coefficient (Wildman–Crippen LogP) is 4.50. The molecule has 0 aliphatic rings. The van der Waals surface area contributed by atoms with Crippen LogP contribution in [0.4, 0.5) is 5.69 Å². The van der Waals surface area contributed by atoms with E-state index in [1.807, 2.05) is 6.92 Å². The van der Waals surface area contributed by atoms with Gasteiger partial charge in [-0.3, -0.25) is 9.59 Å². The molecule has 0 fully saturated rings. The van der Waals surface area contributed by atoms with E-state index >= 15 is 0 Å². The van der Waals surface area contributed by atoms with E-state index in [0.717, 1.165) is 6.42 Å². The Labute approximate surface area is 156 Å². The molecule has 5 nitrogen and oxygen atoms in total. The monoisotopic (exact) mass is 377 g/mol. The fourth-order valence-electron chi connectivity index (χ4n) is 1.99. The van der Waals surface area contributed by atoms with Crippen LogP contribution in [0.25, 0.3) is 0 Å². The lowest BCUT2D eigenvalue weighted by molar-refractivity contribution is -0.116. The maximum absolute atomic E-state index is 12.0. The molecule has 2 rings (SSSR count). The number of hydrogen-bond donors (Lipinski definition) is 2. The van der Waals surface area contributed by atoms with Crippen LogP contribution in [0.2, 0.25) is 10.0 Å². The second-order valence-electron chi connectivity index (χ2n) is 5.24. The van der Waals surface area contributed by atoms with Crippen molar-refractivity contribution in [3.63, 3.8) is 0 Å². The minimum atomic E-state index is -0.368. The van der Waals surface area contributed by atoms with Crippen molar-refractivity contribution in [3.8, 4) is 0 Å². The van der Waals surface area contributed by atoms with E-state index in [-0.39, 0.29) is 11.8 Å². The summed E-state index contributed by atoms with van der Waals surface area (Å²) < 4.78 is 0. The zero-order chi connectivity index (χ0) is 18.2. The zero-order valence-corrected chi connectivity index (χ0v) is 15.1. The van der Waals surface area contributed by atoms with Crippen LogP contribution in [0.15, 0.2) is 47.6 Å². The zero-order valence-electron chi connectivity index (χ0n) is 13.6. The SMILES string of the molecule is CCCC(=O)Nc1ccc(C(=O)N/N=C/c2ccc(Cl)cc2Cl)cc1. The number of rotatable bonds is 6. The topological polar surface area (TPSA) is 70.6 Å². The van der Waals surface area contributed by atoms with Crippen LogP contribution in [-0.4, -0.2) is 18.0 Å². The fourth-order valence-corrected chi connectivity index (χ4v) is 2.44. The van der Waals surface area contributed by atoms with Gasteiger partial charge >= 0.3 is 0 Å². The Morgan fingerprint density at radius 2 is 1.84 bits per heavy atom. The number of halogens is 2. The van der Waals surface area contributed by atoms with E-state index in [9.17, 15) is 9.59 Å². The quantitative estimate of drug-likeness (QED) is 0.574. The molecular weight excluding hydrogens is 361 g/mol. The maximum Gasteiger partial charge on any atom is 0.271 e. The summed E-state index contributed by atoms with van der Waals surface area (Å²) in [4.78, 5) is 23.6. The van der Waals surface area contributed by atoms with Gasteiger partial charge in [0, 0.05) is 28.3 Å². The van der Waals surface area contributed by atoms with Gasteiger partial charge in [-0.05, 0) is 42.8 Å². The molecule has 25 heavy (non-hydrogen) atoms. The van der Waals surface area contributed by atoms with Gasteiger partial charge in [-0.2, -0.15) is 5.10 Å². The van der Waals surface area contributed by atoms with Crippen molar-refractivity contribution in [1.82, 2.24) is 5.43 Å². The average Bonchev–Trinajstić information content (AvgIpc) is 2.57. The minimum absolute atomic E-state index is 0.0517. The Morgan fingerprint density at radius 1 is 1.12 bits per heavy atom. The number of anilines is 1. The van der Waals surface area contributed by atoms with Gasteiger partial charge < -0.3 is 5.32 Å². The van der Waals surface area contributed by atoms with Crippen LogP contribution in [0.1, 0.15) is 35.7 Å². The lowest BCUT2D eigenvalue weighted by Crippen LogP contribution is -2.17. The van der Waals surface area contributed by atoms with Crippen LogP contribution >= 0.6 is 23.2 Å². The number of carbonyl (C=O) groups excluding carboxylic acids is 2. The summed E-state index contributed by atoms with van der Waals surface area (Å²) in [6, 6.07) is 11.5. The van der Waals surface area contributed by atoms with Crippen molar-refractivity contribution in [1.29, 1.82) is 0 Å². The third kappa shape index (κ3) is 5.89. The van der Waals surface area contributed by atoms with Crippen LogP contribution < -0.4 is 10.7 Å². The summed E-state index contributed by atoms with van der Waals surface area (Å²) in [6.07, 6.45) is 2.68. The molecule has 0 radical (unpaired) electrons. The van der Waals surface area contributed by atoms with E-state index < -0.39 is 0 Å². The summed E-state index contributed by atoms with van der Waals surface area (Å²) in [5.74, 6) is -0.420. The maximum atomic E-state index is 12.0. The smallest absolute Gasteiger partial charge is 0.271 e. The molecule has 0 saturated heterocycles. The number of nitrogens with zero attached hydrogens (tertiary/aromatic N) is 1. The van der Waals surface area contributed by atoms with Gasteiger partial charge in [0.2, 0.25) is 5.91 Å². The molecule has 0 bridgehead atoms. The first-order valence-electron chi connectivity index (χ1n) is 7.68. The Balaban J connectivity index is 1.94. The molecule has 0 aliphatic heterocycles. The van der Waals surface area contributed by atoms with E-state index in [2.05, 4.69) is 15.8 Å². The molecular formula is C18H17Cl2N3O2. The molecule has 130 valence electrons. The van der Waals surface area contributed by atoms with Gasteiger partial charge in [0.1, 0.15) is 0 Å². The molecule has 7 heteroatoms. The van der Waals surface area contributed by atoms with Crippen LogP contribution in [0, 0.1) is 0 Å². The van der Waals surface area contributed by atoms with Gasteiger partial charge in [0.15, 0.2) is 0 Å².